The van der Waals surface area contributed by atoms with Gasteiger partial charge in [0.25, 0.3) is 0 Å². The molecule has 104 valence electrons. The molecule has 0 amide bonds. The van der Waals surface area contributed by atoms with Gasteiger partial charge in [-0.3, -0.25) is 0 Å². The summed E-state index contributed by atoms with van der Waals surface area (Å²) in [6.07, 6.45) is -1.05. The molecule has 0 bridgehead atoms. The lowest BCUT2D eigenvalue weighted by molar-refractivity contribution is -0.0106. The molecule has 0 aliphatic carbocycles. The molecule has 2 unspecified atom stereocenters. The molecule has 3 heteroatoms. The van der Waals surface area contributed by atoms with Crippen LogP contribution in [0.1, 0.15) is 22.8 Å². The maximum absolute atomic E-state index is 10.4. The van der Waals surface area contributed by atoms with E-state index in [1.807, 2.05) is 56.3 Å². The quantitative estimate of drug-likeness (QED) is 0.911. The minimum absolute atomic E-state index is 0.353. The molecular weight excluding hydrogens is 252 g/mol. The normalized spacial score (nSPS) is 20.9. The average Bonchev–Trinajstić information content (AvgIpc) is 2.46. The smallest absolute Gasteiger partial charge is 0.163 e. The predicted molar refractivity (Wildman–Crippen MR) is 77.2 cm³/mol. The molecule has 2 aromatic carbocycles. The van der Waals surface area contributed by atoms with Crippen LogP contribution in [0.4, 0.5) is 0 Å². The lowest BCUT2D eigenvalue weighted by Crippen LogP contribution is -2.35. The second-order valence-corrected chi connectivity index (χ2v) is 5.22. The number of hydrogen-bond acceptors (Lipinski definition) is 3. The van der Waals surface area contributed by atoms with Gasteiger partial charge in [-0.1, -0.05) is 30.3 Å². The first-order valence-corrected chi connectivity index (χ1v) is 6.79. The van der Waals surface area contributed by atoms with Crippen molar-refractivity contribution in [2.75, 3.05) is 6.61 Å². The van der Waals surface area contributed by atoms with Gasteiger partial charge in [-0.15, -0.1) is 0 Å². The minimum Gasteiger partial charge on any atom is -0.489 e. The van der Waals surface area contributed by atoms with E-state index in [2.05, 4.69) is 0 Å². The van der Waals surface area contributed by atoms with Gasteiger partial charge in [0.2, 0.25) is 0 Å². The number of fused-ring (bicyclic) bond motifs is 1. The second kappa shape index (κ2) is 5.17. The molecule has 1 heterocycles. The third-order valence-corrected chi connectivity index (χ3v) is 3.61. The lowest BCUT2D eigenvalue weighted by Gasteiger charge is -2.31. The van der Waals surface area contributed by atoms with Crippen molar-refractivity contribution >= 4 is 0 Å². The Balaban J connectivity index is 1.84. The Labute approximate surface area is 118 Å². The maximum Gasteiger partial charge on any atom is 0.163 e. The van der Waals surface area contributed by atoms with E-state index in [0.29, 0.717) is 6.61 Å². The van der Waals surface area contributed by atoms with Crippen molar-refractivity contribution in [1.82, 2.24) is 0 Å². The van der Waals surface area contributed by atoms with Gasteiger partial charge in [0.1, 0.15) is 24.2 Å². The van der Waals surface area contributed by atoms with Crippen LogP contribution in [0.15, 0.2) is 42.5 Å². The van der Waals surface area contributed by atoms with Crippen LogP contribution >= 0.6 is 0 Å². The van der Waals surface area contributed by atoms with Crippen LogP contribution in [0.3, 0.4) is 0 Å². The molecule has 2 aromatic rings. The van der Waals surface area contributed by atoms with Crippen molar-refractivity contribution in [2.24, 2.45) is 0 Å². The highest BCUT2D eigenvalue weighted by Gasteiger charge is 2.31. The number of ether oxygens (including phenoxy) is 2. The highest BCUT2D eigenvalue weighted by Crippen LogP contribution is 2.34. The van der Waals surface area contributed by atoms with Crippen LogP contribution < -0.4 is 9.47 Å². The van der Waals surface area contributed by atoms with Crippen LogP contribution in [0, 0.1) is 13.8 Å². The van der Waals surface area contributed by atoms with Gasteiger partial charge in [-0.05, 0) is 37.1 Å². The van der Waals surface area contributed by atoms with E-state index in [0.717, 1.165) is 28.2 Å². The molecule has 20 heavy (non-hydrogen) atoms. The Morgan fingerprint density at radius 3 is 2.80 bits per heavy atom. The number of aryl methyl sites for hydroxylation is 2. The minimum atomic E-state index is -0.667. The van der Waals surface area contributed by atoms with Crippen molar-refractivity contribution in [1.29, 1.82) is 0 Å². The molecule has 2 atom stereocenters. The number of rotatable bonds is 2. The third-order valence-electron chi connectivity index (χ3n) is 3.61. The summed E-state index contributed by atoms with van der Waals surface area (Å²) in [4.78, 5) is 0. The second-order valence-electron chi connectivity index (χ2n) is 5.22. The number of aliphatic hydroxyl groups is 1. The predicted octanol–water partition coefficient (Wildman–Crippen LogP) is 3.18. The fourth-order valence-corrected chi connectivity index (χ4v) is 2.42. The van der Waals surface area contributed by atoms with Crippen LogP contribution in [0.5, 0.6) is 11.5 Å². The topological polar surface area (TPSA) is 38.7 Å². The highest BCUT2D eigenvalue weighted by molar-refractivity contribution is 5.39. The zero-order valence-electron chi connectivity index (χ0n) is 11.7. The summed E-state index contributed by atoms with van der Waals surface area (Å²) in [5.74, 6) is 1.54. The van der Waals surface area contributed by atoms with E-state index < -0.39 is 6.10 Å². The molecule has 0 aromatic heterocycles. The van der Waals surface area contributed by atoms with Crippen molar-refractivity contribution in [2.45, 2.75) is 26.1 Å². The van der Waals surface area contributed by atoms with E-state index in [-0.39, 0.29) is 6.10 Å². The van der Waals surface area contributed by atoms with Crippen molar-refractivity contribution in [3.05, 3.63) is 59.2 Å². The summed E-state index contributed by atoms with van der Waals surface area (Å²) < 4.78 is 11.6. The van der Waals surface area contributed by atoms with E-state index in [1.165, 1.54) is 0 Å². The molecule has 0 saturated carbocycles. The maximum atomic E-state index is 10.4. The molecule has 1 aliphatic heterocycles. The fraction of sp³-hybridized carbons (Fsp3) is 0.294. The Kier molecular flexibility index (Phi) is 3.36. The van der Waals surface area contributed by atoms with Crippen molar-refractivity contribution < 1.29 is 14.6 Å². The van der Waals surface area contributed by atoms with Gasteiger partial charge < -0.3 is 14.6 Å². The van der Waals surface area contributed by atoms with Gasteiger partial charge in [-0.2, -0.15) is 0 Å². The standard InChI is InChI=1S/C17H18O3/c1-11-7-8-12(2)15(9-11)20-16-10-19-14-6-4-3-5-13(14)17(16)18/h3-9,16-18H,10H2,1-2H3. The zero-order chi connectivity index (χ0) is 14.1. The van der Waals surface area contributed by atoms with Gasteiger partial charge >= 0.3 is 0 Å². The molecule has 1 N–H and O–H groups in total. The van der Waals surface area contributed by atoms with E-state index in [4.69, 9.17) is 9.47 Å². The summed E-state index contributed by atoms with van der Waals surface area (Å²) in [6.45, 7) is 4.37. The Bertz CT molecular complexity index is 621. The molecule has 0 spiro atoms. The fourth-order valence-electron chi connectivity index (χ4n) is 2.42. The molecule has 0 fully saturated rings. The molecule has 3 rings (SSSR count). The van der Waals surface area contributed by atoms with Crippen LogP contribution in [-0.4, -0.2) is 17.8 Å². The monoisotopic (exact) mass is 270 g/mol. The lowest BCUT2D eigenvalue weighted by atomic mass is 10.0. The largest absolute Gasteiger partial charge is 0.489 e. The molecule has 3 nitrogen and oxygen atoms in total. The number of hydrogen-bond donors (Lipinski definition) is 1. The Morgan fingerprint density at radius 2 is 1.95 bits per heavy atom. The first-order valence-electron chi connectivity index (χ1n) is 6.79. The van der Waals surface area contributed by atoms with Crippen LogP contribution in [0.25, 0.3) is 0 Å². The zero-order valence-corrected chi connectivity index (χ0v) is 11.7. The number of para-hydroxylation sites is 1. The van der Waals surface area contributed by atoms with E-state index in [9.17, 15) is 5.11 Å². The highest BCUT2D eigenvalue weighted by atomic mass is 16.5. The first kappa shape index (κ1) is 13.0. The Hall–Kier alpha value is -2.00. The van der Waals surface area contributed by atoms with Gasteiger partial charge in [0.05, 0.1) is 0 Å². The van der Waals surface area contributed by atoms with Crippen molar-refractivity contribution in [3.63, 3.8) is 0 Å². The SMILES string of the molecule is Cc1ccc(C)c(OC2COc3ccccc3C2O)c1. The summed E-state index contributed by atoms with van der Waals surface area (Å²) in [7, 11) is 0. The van der Waals surface area contributed by atoms with Crippen LogP contribution in [0.2, 0.25) is 0 Å². The van der Waals surface area contributed by atoms with E-state index in [1.54, 1.807) is 0 Å². The summed E-state index contributed by atoms with van der Waals surface area (Å²) in [6, 6.07) is 13.6. The van der Waals surface area contributed by atoms with Gasteiger partial charge in [0, 0.05) is 5.56 Å². The third kappa shape index (κ3) is 2.37. The van der Waals surface area contributed by atoms with Crippen LogP contribution in [-0.2, 0) is 0 Å². The molecule has 0 saturated heterocycles. The first-order chi connectivity index (χ1) is 9.65. The molecule has 0 radical (unpaired) electrons. The number of benzene rings is 2. The van der Waals surface area contributed by atoms with Gasteiger partial charge in [-0.25, -0.2) is 0 Å². The van der Waals surface area contributed by atoms with Crippen molar-refractivity contribution in [3.8, 4) is 11.5 Å². The Morgan fingerprint density at radius 1 is 1.15 bits per heavy atom. The molecule has 1 aliphatic rings. The van der Waals surface area contributed by atoms with Gasteiger partial charge in [0.15, 0.2) is 6.10 Å². The summed E-state index contributed by atoms with van der Waals surface area (Å²) in [5.41, 5.74) is 2.98. The average molecular weight is 270 g/mol. The summed E-state index contributed by atoms with van der Waals surface area (Å²) in [5, 5.41) is 10.4. The van der Waals surface area contributed by atoms with E-state index >= 15 is 0 Å². The molecular formula is C17H18O3. The summed E-state index contributed by atoms with van der Waals surface area (Å²) >= 11 is 0. The number of aliphatic hydroxyl groups excluding tert-OH is 1.